The zero-order chi connectivity index (χ0) is 8.85. The summed E-state index contributed by atoms with van der Waals surface area (Å²) >= 11 is 0. The number of esters is 1. The van der Waals surface area contributed by atoms with Crippen LogP contribution in [0.15, 0.2) is 0 Å². The first kappa shape index (κ1) is 10.4. The molecule has 0 spiro atoms. The van der Waals surface area contributed by atoms with E-state index in [1.807, 2.05) is 19.0 Å². The fourth-order valence-electron chi connectivity index (χ4n) is 0.791. The highest BCUT2D eigenvalue weighted by atomic mass is 16.5. The van der Waals surface area contributed by atoms with E-state index in [0.29, 0.717) is 6.54 Å². The molecule has 0 unspecified atom stereocenters. The third-order valence-electron chi connectivity index (χ3n) is 1.38. The standard InChI is InChI=1S/C7H16N2O2/c1-8-6(5-9(2)3)7(10)11-4/h6,8H,5H2,1-4H3/t6-/m0/s1. The number of hydrogen-bond donors (Lipinski definition) is 1. The first-order valence-corrected chi connectivity index (χ1v) is 3.51. The van der Waals surface area contributed by atoms with Gasteiger partial charge in [0, 0.05) is 6.54 Å². The third kappa shape index (κ3) is 3.95. The summed E-state index contributed by atoms with van der Waals surface area (Å²) in [6.45, 7) is 0.656. The minimum absolute atomic E-state index is 0.221. The van der Waals surface area contributed by atoms with E-state index < -0.39 is 0 Å². The van der Waals surface area contributed by atoms with Crippen molar-refractivity contribution in [1.82, 2.24) is 10.2 Å². The van der Waals surface area contributed by atoms with E-state index in [4.69, 9.17) is 0 Å². The number of methoxy groups -OCH3 is 1. The topological polar surface area (TPSA) is 41.6 Å². The van der Waals surface area contributed by atoms with E-state index in [2.05, 4.69) is 10.1 Å². The lowest BCUT2D eigenvalue weighted by molar-refractivity contribution is -0.143. The van der Waals surface area contributed by atoms with Crippen LogP contribution in [0.3, 0.4) is 0 Å². The molecular weight excluding hydrogens is 144 g/mol. The van der Waals surface area contributed by atoms with Crippen molar-refractivity contribution in [3.8, 4) is 0 Å². The first-order chi connectivity index (χ1) is 5.11. The van der Waals surface area contributed by atoms with Crippen LogP contribution in [0, 0.1) is 0 Å². The maximum absolute atomic E-state index is 11.0. The van der Waals surface area contributed by atoms with Crippen molar-refractivity contribution in [2.45, 2.75) is 6.04 Å². The van der Waals surface area contributed by atoms with Gasteiger partial charge in [0.25, 0.3) is 0 Å². The summed E-state index contributed by atoms with van der Waals surface area (Å²) in [6, 6.07) is -0.227. The molecule has 0 aromatic carbocycles. The average Bonchev–Trinajstić information content (AvgIpc) is 1.98. The SMILES string of the molecule is CN[C@@H](CN(C)C)C(=O)OC. The van der Waals surface area contributed by atoms with Crippen molar-refractivity contribution in [2.75, 3.05) is 34.8 Å². The molecule has 0 bridgehead atoms. The van der Waals surface area contributed by atoms with Gasteiger partial charge in [-0.1, -0.05) is 0 Å². The second-order valence-electron chi connectivity index (χ2n) is 2.63. The number of nitrogens with zero attached hydrogens (tertiary/aromatic N) is 1. The molecule has 0 heterocycles. The molecule has 0 rings (SSSR count). The number of hydrogen-bond acceptors (Lipinski definition) is 4. The Balaban J connectivity index is 3.84. The molecule has 66 valence electrons. The van der Waals surface area contributed by atoms with Gasteiger partial charge in [-0.25, -0.2) is 0 Å². The highest BCUT2D eigenvalue weighted by Gasteiger charge is 2.16. The van der Waals surface area contributed by atoms with E-state index in [1.54, 1.807) is 7.05 Å². The lowest BCUT2D eigenvalue weighted by atomic mass is 10.3. The van der Waals surface area contributed by atoms with Gasteiger partial charge in [0.2, 0.25) is 0 Å². The Morgan fingerprint density at radius 3 is 2.45 bits per heavy atom. The monoisotopic (exact) mass is 160 g/mol. The summed E-state index contributed by atoms with van der Waals surface area (Å²) in [5, 5.41) is 2.87. The molecule has 11 heavy (non-hydrogen) atoms. The van der Waals surface area contributed by atoms with Gasteiger partial charge >= 0.3 is 5.97 Å². The van der Waals surface area contributed by atoms with Gasteiger partial charge in [0.15, 0.2) is 0 Å². The Hall–Kier alpha value is -0.610. The van der Waals surface area contributed by atoms with Gasteiger partial charge in [-0.2, -0.15) is 0 Å². The molecule has 1 N–H and O–H groups in total. The minimum atomic E-state index is -0.227. The largest absolute Gasteiger partial charge is 0.468 e. The van der Waals surface area contributed by atoms with Gasteiger partial charge < -0.3 is 15.0 Å². The fourth-order valence-corrected chi connectivity index (χ4v) is 0.791. The molecule has 0 aliphatic carbocycles. The Kier molecular flexibility index (Phi) is 4.81. The summed E-state index contributed by atoms with van der Waals surface area (Å²) in [5.41, 5.74) is 0. The van der Waals surface area contributed by atoms with Crippen molar-refractivity contribution in [3.05, 3.63) is 0 Å². The normalized spacial score (nSPS) is 13.2. The smallest absolute Gasteiger partial charge is 0.324 e. The van der Waals surface area contributed by atoms with E-state index >= 15 is 0 Å². The zero-order valence-corrected chi connectivity index (χ0v) is 7.55. The number of carbonyl (C=O) groups excluding carboxylic acids is 1. The molecule has 0 radical (unpaired) electrons. The number of ether oxygens (including phenoxy) is 1. The summed E-state index contributed by atoms with van der Waals surface area (Å²) in [5.74, 6) is -0.221. The molecule has 4 heteroatoms. The predicted octanol–water partition coefficient (Wildman–Crippen LogP) is -0.691. The van der Waals surface area contributed by atoms with E-state index in [1.165, 1.54) is 7.11 Å². The molecule has 0 fully saturated rings. The fraction of sp³-hybridized carbons (Fsp3) is 0.857. The van der Waals surface area contributed by atoms with Crippen LogP contribution in [-0.4, -0.2) is 51.7 Å². The van der Waals surface area contributed by atoms with Gasteiger partial charge in [0.1, 0.15) is 6.04 Å². The Morgan fingerprint density at radius 2 is 2.18 bits per heavy atom. The second kappa shape index (κ2) is 5.09. The number of nitrogens with one attached hydrogen (secondary N) is 1. The van der Waals surface area contributed by atoms with Gasteiger partial charge in [-0.05, 0) is 21.1 Å². The zero-order valence-electron chi connectivity index (χ0n) is 7.55. The van der Waals surface area contributed by atoms with E-state index in [-0.39, 0.29) is 12.0 Å². The van der Waals surface area contributed by atoms with Crippen LogP contribution in [0.1, 0.15) is 0 Å². The second-order valence-corrected chi connectivity index (χ2v) is 2.63. The highest BCUT2D eigenvalue weighted by molar-refractivity contribution is 5.75. The maximum atomic E-state index is 11.0. The van der Waals surface area contributed by atoms with E-state index in [0.717, 1.165) is 0 Å². The summed E-state index contributed by atoms with van der Waals surface area (Å²) < 4.78 is 4.58. The molecular formula is C7H16N2O2. The maximum Gasteiger partial charge on any atom is 0.324 e. The number of likely N-dealkylation sites (N-methyl/N-ethyl adjacent to an activating group) is 2. The van der Waals surface area contributed by atoms with Crippen molar-refractivity contribution >= 4 is 5.97 Å². The summed E-state index contributed by atoms with van der Waals surface area (Å²) in [4.78, 5) is 12.9. The van der Waals surface area contributed by atoms with Gasteiger partial charge in [-0.15, -0.1) is 0 Å². The predicted molar refractivity (Wildman–Crippen MR) is 43.4 cm³/mol. The lowest BCUT2D eigenvalue weighted by Gasteiger charge is -2.17. The van der Waals surface area contributed by atoms with Crippen molar-refractivity contribution in [3.63, 3.8) is 0 Å². The summed E-state index contributed by atoms with van der Waals surface area (Å²) in [7, 11) is 6.95. The Morgan fingerprint density at radius 1 is 1.64 bits per heavy atom. The van der Waals surface area contributed by atoms with Crippen LogP contribution >= 0.6 is 0 Å². The van der Waals surface area contributed by atoms with Crippen LogP contribution in [0.5, 0.6) is 0 Å². The van der Waals surface area contributed by atoms with E-state index in [9.17, 15) is 4.79 Å². The summed E-state index contributed by atoms with van der Waals surface area (Å²) in [6.07, 6.45) is 0. The van der Waals surface area contributed by atoms with Crippen molar-refractivity contribution in [2.24, 2.45) is 0 Å². The van der Waals surface area contributed by atoms with Crippen molar-refractivity contribution in [1.29, 1.82) is 0 Å². The molecule has 0 aromatic rings. The van der Waals surface area contributed by atoms with Crippen LogP contribution in [0.2, 0.25) is 0 Å². The number of carbonyl (C=O) groups is 1. The van der Waals surface area contributed by atoms with Crippen LogP contribution in [0.4, 0.5) is 0 Å². The van der Waals surface area contributed by atoms with Crippen LogP contribution in [-0.2, 0) is 9.53 Å². The van der Waals surface area contributed by atoms with Gasteiger partial charge in [-0.3, -0.25) is 4.79 Å². The quantitative estimate of drug-likeness (QED) is 0.553. The van der Waals surface area contributed by atoms with Crippen molar-refractivity contribution < 1.29 is 9.53 Å². The molecule has 1 atom stereocenters. The molecule has 0 aromatic heterocycles. The molecule has 0 amide bonds. The third-order valence-corrected chi connectivity index (χ3v) is 1.38. The average molecular weight is 160 g/mol. The highest BCUT2D eigenvalue weighted by Crippen LogP contribution is 1.88. The Labute approximate surface area is 67.5 Å². The van der Waals surface area contributed by atoms with Gasteiger partial charge in [0.05, 0.1) is 7.11 Å². The van der Waals surface area contributed by atoms with Crippen LogP contribution in [0.25, 0.3) is 0 Å². The lowest BCUT2D eigenvalue weighted by Crippen LogP contribution is -2.42. The molecule has 0 aliphatic rings. The Bertz CT molecular complexity index is 126. The first-order valence-electron chi connectivity index (χ1n) is 3.51. The molecule has 4 nitrogen and oxygen atoms in total. The molecule has 0 saturated heterocycles. The molecule has 0 aliphatic heterocycles. The number of rotatable bonds is 4. The molecule has 0 saturated carbocycles. The minimum Gasteiger partial charge on any atom is -0.468 e. The van der Waals surface area contributed by atoms with Crippen LogP contribution < -0.4 is 5.32 Å².